The van der Waals surface area contributed by atoms with E-state index in [1.807, 2.05) is 91.0 Å². The molecular formula is C49H62N4O5. The van der Waals surface area contributed by atoms with Gasteiger partial charge in [-0.2, -0.15) is 0 Å². The van der Waals surface area contributed by atoms with Crippen LogP contribution in [-0.2, 0) is 4.79 Å². The van der Waals surface area contributed by atoms with Crippen LogP contribution in [-0.4, -0.2) is 54.6 Å². The maximum absolute atomic E-state index is 13.5. The molecule has 6 N–H and O–H groups in total. The molecule has 4 aromatic rings. The maximum atomic E-state index is 13.5. The summed E-state index contributed by atoms with van der Waals surface area (Å²) in [6, 6.07) is 28.5. The highest BCUT2D eigenvalue weighted by Gasteiger charge is 2.65. The molecule has 2 aromatic heterocycles. The molecule has 1 amide bonds. The Hall–Kier alpha value is -4.15. The van der Waals surface area contributed by atoms with Crippen molar-refractivity contribution < 1.29 is 25.2 Å². The third-order valence-electron chi connectivity index (χ3n) is 15.7. The molecule has 0 spiro atoms. The Balaban J connectivity index is 0.945. The van der Waals surface area contributed by atoms with E-state index in [4.69, 9.17) is 4.98 Å². The van der Waals surface area contributed by atoms with E-state index in [1.165, 1.54) is 0 Å². The molecule has 58 heavy (non-hydrogen) atoms. The first-order valence-electron chi connectivity index (χ1n) is 21.7. The van der Waals surface area contributed by atoms with Crippen LogP contribution in [0.2, 0.25) is 0 Å². The van der Waals surface area contributed by atoms with E-state index in [2.05, 4.69) is 36.4 Å². The lowest BCUT2D eigenvalue weighted by molar-refractivity contribution is -0.207. The van der Waals surface area contributed by atoms with Crippen LogP contribution in [0.3, 0.4) is 0 Å². The number of nitrogens with zero attached hydrogens (tertiary/aromatic N) is 2. The van der Waals surface area contributed by atoms with Gasteiger partial charge in [0.05, 0.1) is 36.4 Å². The summed E-state index contributed by atoms with van der Waals surface area (Å²) >= 11 is 0. The van der Waals surface area contributed by atoms with Crippen LogP contribution in [0.4, 0.5) is 11.5 Å². The number of benzene rings is 2. The molecular weight excluding hydrogens is 725 g/mol. The molecule has 4 fully saturated rings. The summed E-state index contributed by atoms with van der Waals surface area (Å²) in [6.45, 7) is 6.89. The molecule has 0 radical (unpaired) electrons. The third-order valence-corrected chi connectivity index (χ3v) is 15.7. The van der Waals surface area contributed by atoms with Crippen molar-refractivity contribution in [2.75, 3.05) is 10.6 Å². The number of carbonyl (C=O) groups is 1. The van der Waals surface area contributed by atoms with Crippen molar-refractivity contribution in [1.29, 1.82) is 0 Å². The van der Waals surface area contributed by atoms with Gasteiger partial charge in [-0.05, 0) is 145 Å². The van der Waals surface area contributed by atoms with Crippen LogP contribution in [0.5, 0.6) is 0 Å². The fourth-order valence-electron chi connectivity index (χ4n) is 12.6. The van der Waals surface area contributed by atoms with E-state index < -0.39 is 30.3 Å². The zero-order chi connectivity index (χ0) is 40.6. The van der Waals surface area contributed by atoms with Crippen molar-refractivity contribution >= 4 is 17.4 Å². The van der Waals surface area contributed by atoms with Crippen molar-refractivity contribution in [3.63, 3.8) is 0 Å². The number of fused-ring (bicyclic) bond motifs is 5. The Morgan fingerprint density at radius 1 is 0.810 bits per heavy atom. The quantitative estimate of drug-likeness (QED) is 0.0839. The zero-order valence-corrected chi connectivity index (χ0v) is 34.2. The van der Waals surface area contributed by atoms with Gasteiger partial charge in [0.15, 0.2) is 0 Å². The second-order valence-corrected chi connectivity index (χ2v) is 18.7. The average molecular weight is 787 g/mol. The number of hydrogen-bond acceptors (Lipinski definition) is 8. The average Bonchev–Trinajstić information content (AvgIpc) is 3.60. The second-order valence-electron chi connectivity index (χ2n) is 18.7. The molecule has 4 aliphatic carbocycles. The molecule has 2 aromatic carbocycles. The first kappa shape index (κ1) is 40.6. The Morgan fingerprint density at radius 2 is 1.53 bits per heavy atom. The van der Waals surface area contributed by atoms with Crippen molar-refractivity contribution in [3.8, 4) is 0 Å². The standard InChI is InChI=1S/C49H62N4O5/c1-30(36-20-21-37-44-38(29-41(56)49(36,37)3)48(2)24-23-35(54)27-33(48)28-40(44)55)15-22-43(57)52-34-18-16-31(17-19-34)46(53-42-14-8-10-26-51-42)45(39-13-7-9-25-50-39)47(58)32-11-5-4-6-12-32/h4-14,16-19,25-26,30,33,35-38,40-41,44-47,54-56,58H,15,20-24,27-29H2,1-3H3,(H,51,53)(H,52,57)/t30?,33?,35?,36?,37?,38?,40?,41-,44?,45?,46?,47?,48-,49+/m0/s1. The van der Waals surface area contributed by atoms with E-state index in [1.54, 1.807) is 12.4 Å². The van der Waals surface area contributed by atoms with Gasteiger partial charge in [-0.25, -0.2) is 4.98 Å². The first-order chi connectivity index (χ1) is 28.0. The van der Waals surface area contributed by atoms with Gasteiger partial charge in [0.2, 0.25) is 5.91 Å². The molecule has 14 atom stereocenters. The summed E-state index contributed by atoms with van der Waals surface area (Å²) in [6.07, 6.45) is 8.58. The molecule has 308 valence electrons. The van der Waals surface area contributed by atoms with E-state index in [0.717, 1.165) is 61.8 Å². The van der Waals surface area contributed by atoms with Crippen LogP contribution in [0.15, 0.2) is 103 Å². The normalized spacial score (nSPS) is 33.7. The molecule has 0 aliphatic heterocycles. The summed E-state index contributed by atoms with van der Waals surface area (Å²) in [5.41, 5.74) is 2.89. The number of anilines is 2. The summed E-state index contributed by atoms with van der Waals surface area (Å²) in [7, 11) is 0. The fourth-order valence-corrected chi connectivity index (χ4v) is 12.6. The number of carbonyl (C=O) groups excluding carboxylic acids is 1. The lowest BCUT2D eigenvalue weighted by Crippen LogP contribution is -2.62. The lowest BCUT2D eigenvalue weighted by Gasteiger charge is -2.63. The van der Waals surface area contributed by atoms with Crippen LogP contribution in [0.1, 0.15) is 113 Å². The first-order valence-corrected chi connectivity index (χ1v) is 21.7. The second kappa shape index (κ2) is 16.8. The van der Waals surface area contributed by atoms with Gasteiger partial charge in [-0.3, -0.25) is 9.78 Å². The Kier molecular flexibility index (Phi) is 11.8. The molecule has 0 bridgehead atoms. The minimum Gasteiger partial charge on any atom is -0.393 e. The number of hydrogen-bond donors (Lipinski definition) is 6. The summed E-state index contributed by atoms with van der Waals surface area (Å²) in [5, 5.41) is 52.8. The Labute approximate surface area is 343 Å². The molecule has 8 rings (SSSR count). The van der Waals surface area contributed by atoms with Gasteiger partial charge in [0, 0.05) is 30.2 Å². The largest absolute Gasteiger partial charge is 0.393 e. The summed E-state index contributed by atoms with van der Waals surface area (Å²) in [5.74, 6) is 1.66. The van der Waals surface area contributed by atoms with Crippen LogP contribution in [0, 0.1) is 46.3 Å². The fraction of sp³-hybridized carbons (Fsp3) is 0.531. The highest BCUT2D eigenvalue weighted by Crippen LogP contribution is 2.68. The van der Waals surface area contributed by atoms with E-state index >= 15 is 0 Å². The summed E-state index contributed by atoms with van der Waals surface area (Å²) in [4.78, 5) is 22.7. The van der Waals surface area contributed by atoms with Gasteiger partial charge in [0.25, 0.3) is 0 Å². The predicted octanol–water partition coefficient (Wildman–Crippen LogP) is 8.46. The Morgan fingerprint density at radius 3 is 2.24 bits per heavy atom. The smallest absolute Gasteiger partial charge is 0.224 e. The number of rotatable bonds is 12. The van der Waals surface area contributed by atoms with E-state index in [-0.39, 0.29) is 52.4 Å². The van der Waals surface area contributed by atoms with Crippen LogP contribution in [0.25, 0.3) is 0 Å². The topological polar surface area (TPSA) is 148 Å². The van der Waals surface area contributed by atoms with Crippen molar-refractivity contribution in [1.82, 2.24) is 9.97 Å². The van der Waals surface area contributed by atoms with Gasteiger partial charge in [-0.1, -0.05) is 75.4 Å². The van der Waals surface area contributed by atoms with Gasteiger partial charge >= 0.3 is 0 Å². The molecule has 4 saturated carbocycles. The number of nitrogens with one attached hydrogen (secondary N) is 2. The molecule has 0 saturated heterocycles. The predicted molar refractivity (Wildman–Crippen MR) is 226 cm³/mol. The SMILES string of the molecule is CC(CCC(=O)Nc1ccc(C(Nc2ccccn2)C(c2ccccn2)C(O)c2ccccc2)cc1)C1CCC2C3C(O)CC4CC(O)CC[C@]4(C)C3C[C@H](O)[C@]12C. The van der Waals surface area contributed by atoms with Gasteiger partial charge < -0.3 is 31.1 Å². The number of amides is 1. The van der Waals surface area contributed by atoms with Crippen LogP contribution < -0.4 is 10.6 Å². The molecule has 2 heterocycles. The lowest BCUT2D eigenvalue weighted by atomic mass is 9.43. The molecule has 11 unspecified atom stereocenters. The Bertz CT molecular complexity index is 1970. The highest BCUT2D eigenvalue weighted by atomic mass is 16.3. The number of aliphatic hydroxyl groups is 4. The minimum absolute atomic E-state index is 0.0428. The van der Waals surface area contributed by atoms with Crippen molar-refractivity contribution in [2.24, 2.45) is 46.3 Å². The monoisotopic (exact) mass is 786 g/mol. The zero-order valence-electron chi connectivity index (χ0n) is 34.2. The molecule has 4 aliphatic rings. The van der Waals surface area contributed by atoms with Crippen LogP contribution >= 0.6 is 0 Å². The third kappa shape index (κ3) is 7.71. The van der Waals surface area contributed by atoms with Crippen molar-refractivity contribution in [3.05, 3.63) is 120 Å². The maximum Gasteiger partial charge on any atom is 0.224 e. The minimum atomic E-state index is -0.873. The number of pyridine rings is 2. The number of aromatic nitrogens is 2. The molecule has 9 heteroatoms. The van der Waals surface area contributed by atoms with Crippen molar-refractivity contribution in [2.45, 2.75) is 115 Å². The highest BCUT2D eigenvalue weighted by molar-refractivity contribution is 5.90. The van der Waals surface area contributed by atoms with Gasteiger partial charge in [-0.15, -0.1) is 0 Å². The van der Waals surface area contributed by atoms with E-state index in [9.17, 15) is 25.2 Å². The summed E-state index contributed by atoms with van der Waals surface area (Å²) < 4.78 is 0. The van der Waals surface area contributed by atoms with E-state index in [0.29, 0.717) is 30.3 Å². The number of aliphatic hydroxyl groups excluding tert-OH is 4. The molecule has 9 nitrogen and oxygen atoms in total. The van der Waals surface area contributed by atoms with Gasteiger partial charge in [0.1, 0.15) is 5.82 Å².